The number of hydrogen-bond donors (Lipinski definition) is 0. The molecule has 2 aromatic rings. The Balaban J connectivity index is 1.26. The van der Waals surface area contributed by atoms with Gasteiger partial charge in [-0.15, -0.1) is 0 Å². The summed E-state index contributed by atoms with van der Waals surface area (Å²) < 4.78 is 47.2. The standard InChI is InChI=1S/C24H30F3N3O/c1-16-28-8-9-30(16)22-10-19-13-29(12-17-4-6-21(7-5-17)24(25,26)27)14-20(19)11-23(22)31-15-18-2-3-18/h4-9,18-20,22-23H,2-3,10-15H2,1H3/t19-,20+,22-,23-/m0/s1. The van der Waals surface area contributed by atoms with Crippen LogP contribution in [-0.2, 0) is 17.5 Å². The summed E-state index contributed by atoms with van der Waals surface area (Å²) in [7, 11) is 0. The molecule has 1 aliphatic heterocycles. The molecule has 0 radical (unpaired) electrons. The molecule has 0 amide bonds. The van der Waals surface area contributed by atoms with Crippen molar-refractivity contribution in [3.05, 3.63) is 53.6 Å². The van der Waals surface area contributed by atoms with Crippen molar-refractivity contribution in [2.24, 2.45) is 17.8 Å². The van der Waals surface area contributed by atoms with Crippen molar-refractivity contribution in [1.82, 2.24) is 14.5 Å². The van der Waals surface area contributed by atoms with Gasteiger partial charge in [0, 0.05) is 38.6 Å². The third-order valence-corrected chi connectivity index (χ3v) is 7.31. The smallest absolute Gasteiger partial charge is 0.376 e. The van der Waals surface area contributed by atoms with Gasteiger partial charge in [0.25, 0.3) is 0 Å². The highest BCUT2D eigenvalue weighted by molar-refractivity contribution is 5.24. The van der Waals surface area contributed by atoms with Gasteiger partial charge in [-0.25, -0.2) is 4.98 Å². The molecule has 31 heavy (non-hydrogen) atoms. The number of benzene rings is 1. The number of fused-ring (bicyclic) bond motifs is 1. The molecule has 2 saturated carbocycles. The monoisotopic (exact) mass is 433 g/mol. The lowest BCUT2D eigenvalue weighted by Crippen LogP contribution is -2.38. The molecule has 0 bridgehead atoms. The van der Waals surface area contributed by atoms with Gasteiger partial charge in [0.2, 0.25) is 0 Å². The third kappa shape index (κ3) is 4.67. The van der Waals surface area contributed by atoms with Crippen molar-refractivity contribution >= 4 is 0 Å². The summed E-state index contributed by atoms with van der Waals surface area (Å²) in [6.07, 6.45) is 4.55. The first-order chi connectivity index (χ1) is 14.9. The minimum absolute atomic E-state index is 0.209. The van der Waals surface area contributed by atoms with Crippen molar-refractivity contribution in [2.75, 3.05) is 19.7 Å². The number of halogens is 3. The lowest BCUT2D eigenvalue weighted by molar-refractivity contribution is -0.137. The maximum absolute atomic E-state index is 12.8. The maximum Gasteiger partial charge on any atom is 0.416 e. The molecule has 2 heterocycles. The van der Waals surface area contributed by atoms with Gasteiger partial charge in [-0.2, -0.15) is 13.2 Å². The van der Waals surface area contributed by atoms with E-state index < -0.39 is 11.7 Å². The second kappa shape index (κ2) is 8.24. The predicted octanol–water partition coefficient (Wildman–Crippen LogP) is 5.09. The lowest BCUT2D eigenvalue weighted by Gasteiger charge is -2.39. The Hall–Kier alpha value is -1.86. The highest BCUT2D eigenvalue weighted by atomic mass is 19.4. The van der Waals surface area contributed by atoms with Crippen molar-refractivity contribution in [3.8, 4) is 0 Å². The SMILES string of the molecule is Cc1nccn1[C@H]1C[C@H]2CN(Cc3ccc(C(F)(F)F)cc3)C[C@H]2C[C@@H]1OCC1CC1. The van der Waals surface area contributed by atoms with Gasteiger partial charge in [-0.05, 0) is 68.1 Å². The molecule has 7 heteroatoms. The molecule has 4 nitrogen and oxygen atoms in total. The second-order valence-corrected chi connectivity index (χ2v) is 9.64. The van der Waals surface area contributed by atoms with E-state index in [1.54, 1.807) is 12.1 Å². The number of likely N-dealkylation sites (tertiary alicyclic amines) is 1. The zero-order valence-electron chi connectivity index (χ0n) is 17.9. The summed E-state index contributed by atoms with van der Waals surface area (Å²) in [6, 6.07) is 5.93. The molecule has 1 saturated heterocycles. The molecule has 1 aromatic heterocycles. The summed E-state index contributed by atoms with van der Waals surface area (Å²) in [6.45, 7) is 5.60. The van der Waals surface area contributed by atoms with Crippen molar-refractivity contribution in [2.45, 2.75) is 57.5 Å². The van der Waals surface area contributed by atoms with E-state index in [2.05, 4.69) is 27.6 Å². The van der Waals surface area contributed by atoms with E-state index in [1.165, 1.54) is 25.0 Å². The highest BCUT2D eigenvalue weighted by Gasteiger charge is 2.44. The third-order valence-electron chi connectivity index (χ3n) is 7.31. The number of aryl methyl sites for hydroxylation is 1. The minimum Gasteiger partial charge on any atom is -0.376 e. The van der Waals surface area contributed by atoms with Crippen molar-refractivity contribution < 1.29 is 17.9 Å². The Morgan fingerprint density at radius 2 is 1.77 bits per heavy atom. The quantitative estimate of drug-likeness (QED) is 0.636. The molecule has 2 aliphatic carbocycles. The summed E-state index contributed by atoms with van der Waals surface area (Å²) in [5, 5.41) is 0. The average molecular weight is 434 g/mol. The van der Waals surface area contributed by atoms with Crippen LogP contribution in [0.3, 0.4) is 0 Å². The number of ether oxygens (including phenoxy) is 1. The zero-order chi connectivity index (χ0) is 21.6. The van der Waals surface area contributed by atoms with Crippen LogP contribution in [0.1, 0.15) is 48.7 Å². The van der Waals surface area contributed by atoms with Gasteiger partial charge in [0.05, 0.1) is 17.7 Å². The first-order valence-corrected chi connectivity index (χ1v) is 11.4. The lowest BCUT2D eigenvalue weighted by atomic mass is 9.77. The van der Waals surface area contributed by atoms with Gasteiger partial charge in [0.15, 0.2) is 0 Å². The molecule has 0 spiro atoms. The molecular formula is C24H30F3N3O. The predicted molar refractivity (Wildman–Crippen MR) is 111 cm³/mol. The fraction of sp³-hybridized carbons (Fsp3) is 0.625. The van der Waals surface area contributed by atoms with Gasteiger partial charge in [-0.1, -0.05) is 12.1 Å². The first kappa shape index (κ1) is 21.0. The number of hydrogen-bond acceptors (Lipinski definition) is 3. The van der Waals surface area contributed by atoms with Gasteiger partial charge in [-0.3, -0.25) is 4.90 Å². The van der Waals surface area contributed by atoms with Crippen molar-refractivity contribution in [1.29, 1.82) is 0 Å². The average Bonchev–Trinajstić information content (AvgIpc) is 3.33. The Labute approximate surface area is 181 Å². The Kier molecular flexibility index (Phi) is 5.59. The topological polar surface area (TPSA) is 30.3 Å². The Bertz CT molecular complexity index is 890. The second-order valence-electron chi connectivity index (χ2n) is 9.64. The summed E-state index contributed by atoms with van der Waals surface area (Å²) in [4.78, 5) is 6.83. The Morgan fingerprint density at radius 3 is 2.39 bits per heavy atom. The highest BCUT2D eigenvalue weighted by Crippen LogP contribution is 2.44. The molecule has 168 valence electrons. The normalized spacial score (nSPS) is 29.3. The van der Waals surface area contributed by atoms with E-state index in [1.807, 2.05) is 6.20 Å². The number of imidazole rings is 1. The maximum atomic E-state index is 12.8. The van der Waals surface area contributed by atoms with Gasteiger partial charge < -0.3 is 9.30 Å². The fourth-order valence-electron chi connectivity index (χ4n) is 5.43. The molecule has 4 atom stereocenters. The molecule has 5 rings (SSSR count). The minimum atomic E-state index is -4.28. The molecule has 1 aromatic carbocycles. The molecule has 3 aliphatic rings. The largest absolute Gasteiger partial charge is 0.416 e. The van der Waals surface area contributed by atoms with Gasteiger partial charge in [0.1, 0.15) is 5.82 Å². The van der Waals surface area contributed by atoms with Crippen LogP contribution in [0.2, 0.25) is 0 Å². The summed E-state index contributed by atoms with van der Waals surface area (Å²) >= 11 is 0. The van der Waals surface area contributed by atoms with E-state index in [0.29, 0.717) is 24.4 Å². The first-order valence-electron chi connectivity index (χ1n) is 11.4. The number of alkyl halides is 3. The van der Waals surface area contributed by atoms with Crippen molar-refractivity contribution in [3.63, 3.8) is 0 Å². The molecular weight excluding hydrogens is 403 g/mol. The van der Waals surface area contributed by atoms with Crippen LogP contribution in [0.5, 0.6) is 0 Å². The van der Waals surface area contributed by atoms with E-state index >= 15 is 0 Å². The molecule has 3 fully saturated rings. The van der Waals surface area contributed by atoms with Crippen LogP contribution >= 0.6 is 0 Å². The van der Waals surface area contributed by atoms with E-state index in [-0.39, 0.29) is 6.10 Å². The van der Waals surface area contributed by atoms with E-state index in [0.717, 1.165) is 49.8 Å². The summed E-state index contributed by atoms with van der Waals surface area (Å²) in [5.41, 5.74) is 0.357. The zero-order valence-corrected chi connectivity index (χ0v) is 17.9. The number of nitrogens with zero attached hydrogens (tertiary/aromatic N) is 3. The fourth-order valence-corrected chi connectivity index (χ4v) is 5.43. The van der Waals surface area contributed by atoms with Crippen LogP contribution in [0, 0.1) is 24.7 Å². The van der Waals surface area contributed by atoms with Crippen LogP contribution in [0.25, 0.3) is 0 Å². The number of aromatic nitrogens is 2. The number of rotatable bonds is 6. The van der Waals surface area contributed by atoms with Crippen LogP contribution in [-0.4, -0.2) is 40.3 Å². The van der Waals surface area contributed by atoms with E-state index in [9.17, 15) is 13.2 Å². The molecule has 0 N–H and O–H groups in total. The van der Waals surface area contributed by atoms with Crippen LogP contribution in [0.15, 0.2) is 36.7 Å². The van der Waals surface area contributed by atoms with Gasteiger partial charge >= 0.3 is 6.18 Å². The Morgan fingerprint density at radius 1 is 1.06 bits per heavy atom. The van der Waals surface area contributed by atoms with E-state index in [4.69, 9.17) is 4.74 Å². The molecule has 0 unspecified atom stereocenters. The summed E-state index contributed by atoms with van der Waals surface area (Å²) in [5.74, 6) is 2.94. The van der Waals surface area contributed by atoms with Crippen LogP contribution < -0.4 is 0 Å². The van der Waals surface area contributed by atoms with Crippen LogP contribution in [0.4, 0.5) is 13.2 Å².